The van der Waals surface area contributed by atoms with E-state index < -0.39 is 47.2 Å². The minimum absolute atomic E-state index is 0.108. The van der Waals surface area contributed by atoms with E-state index in [-0.39, 0.29) is 30.5 Å². The minimum Gasteiger partial charge on any atom is -0.467 e. The van der Waals surface area contributed by atoms with E-state index in [0.29, 0.717) is 24.5 Å². The highest BCUT2D eigenvalue weighted by Crippen LogP contribution is 2.46. The van der Waals surface area contributed by atoms with Crippen molar-refractivity contribution in [1.82, 2.24) is 15.2 Å². The Labute approximate surface area is 257 Å². The summed E-state index contributed by atoms with van der Waals surface area (Å²) in [5.41, 5.74) is -0.138. The normalized spacial score (nSPS) is 28.2. The van der Waals surface area contributed by atoms with Gasteiger partial charge in [0.25, 0.3) is 5.19 Å². The van der Waals surface area contributed by atoms with Gasteiger partial charge in [-0.1, -0.05) is 48.5 Å². The van der Waals surface area contributed by atoms with Gasteiger partial charge in [0.05, 0.1) is 23.9 Å². The standard InChI is InChI=1S/C32H34F2N4O5S/c1-42-30(41)32-17-19(32)9-5-3-2-4-6-11-25(35-20-13-14-22(33)23(34)15-20)29(40)38-18-21(16-26(38)28(39)37-32)43-31-36-24-10-7-8-12-27(24)44-31/h5,7-10,12-15,19,21,25-26,35H,2-4,6,11,16-18H2,1H3,(H,37,39)/b9-5-/t19-,21-,25+,26+,32-/m1/s1. The molecule has 12 heteroatoms. The summed E-state index contributed by atoms with van der Waals surface area (Å²) < 4.78 is 39.9. The number of allylic oxidation sites excluding steroid dienone is 1. The number of aromatic nitrogens is 1. The molecule has 1 aliphatic carbocycles. The molecule has 232 valence electrons. The Bertz CT molecular complexity index is 1560. The molecule has 5 atom stereocenters. The van der Waals surface area contributed by atoms with Gasteiger partial charge in [-0.25, -0.2) is 18.6 Å². The van der Waals surface area contributed by atoms with E-state index in [2.05, 4.69) is 15.6 Å². The molecule has 44 heavy (non-hydrogen) atoms. The molecule has 1 aromatic heterocycles. The summed E-state index contributed by atoms with van der Waals surface area (Å²) in [6.45, 7) is 0.108. The lowest BCUT2D eigenvalue weighted by Crippen LogP contribution is -2.55. The van der Waals surface area contributed by atoms with Gasteiger partial charge < -0.3 is 25.0 Å². The number of benzene rings is 2. The Morgan fingerprint density at radius 3 is 2.77 bits per heavy atom. The molecule has 9 nitrogen and oxygen atoms in total. The fourth-order valence-corrected chi connectivity index (χ4v) is 7.03. The molecule has 0 bridgehead atoms. The molecule has 2 aliphatic heterocycles. The highest BCUT2D eigenvalue weighted by molar-refractivity contribution is 7.20. The first-order chi connectivity index (χ1) is 21.3. The molecule has 0 unspecified atom stereocenters. The SMILES string of the molecule is COC(=O)[C@@]12C[C@H]1/C=C\CCCCC[C@H](Nc1ccc(F)c(F)c1)C(=O)N1C[C@H](Oc3nc4ccccc4s3)C[C@H]1C(=O)N2. The van der Waals surface area contributed by atoms with Gasteiger partial charge >= 0.3 is 5.97 Å². The van der Waals surface area contributed by atoms with Crippen LogP contribution in [0.2, 0.25) is 0 Å². The van der Waals surface area contributed by atoms with E-state index in [1.165, 1.54) is 29.4 Å². The number of thiazole rings is 1. The van der Waals surface area contributed by atoms with E-state index in [0.717, 1.165) is 41.6 Å². The highest BCUT2D eigenvalue weighted by Gasteiger charge is 2.62. The number of nitrogens with one attached hydrogen (secondary N) is 2. The number of fused-ring (bicyclic) bond motifs is 3. The van der Waals surface area contributed by atoms with Crippen LogP contribution in [-0.2, 0) is 19.1 Å². The summed E-state index contributed by atoms with van der Waals surface area (Å²) in [6.07, 6.45) is 7.66. The fourth-order valence-electron chi connectivity index (χ4n) is 6.15. The Morgan fingerprint density at radius 1 is 1.14 bits per heavy atom. The zero-order valence-electron chi connectivity index (χ0n) is 24.3. The van der Waals surface area contributed by atoms with Gasteiger partial charge in [0.1, 0.15) is 23.7 Å². The number of esters is 1. The smallest absolute Gasteiger partial charge is 0.332 e. The summed E-state index contributed by atoms with van der Waals surface area (Å²) in [7, 11) is 1.29. The molecule has 2 fully saturated rings. The van der Waals surface area contributed by atoms with Crippen LogP contribution in [0.4, 0.5) is 14.5 Å². The third kappa shape index (κ3) is 6.12. The van der Waals surface area contributed by atoms with E-state index >= 15 is 0 Å². The van der Waals surface area contributed by atoms with Crippen molar-refractivity contribution < 1.29 is 32.6 Å². The van der Waals surface area contributed by atoms with E-state index in [1.807, 2.05) is 36.4 Å². The number of anilines is 1. The van der Waals surface area contributed by atoms with Crippen molar-refractivity contribution in [3.63, 3.8) is 0 Å². The predicted octanol–water partition coefficient (Wildman–Crippen LogP) is 4.97. The molecular weight excluding hydrogens is 590 g/mol. The molecule has 1 saturated carbocycles. The van der Waals surface area contributed by atoms with E-state index in [4.69, 9.17) is 9.47 Å². The van der Waals surface area contributed by atoms with E-state index in [1.54, 1.807) is 0 Å². The van der Waals surface area contributed by atoms with Crippen LogP contribution in [0.5, 0.6) is 5.19 Å². The van der Waals surface area contributed by atoms with Crippen LogP contribution >= 0.6 is 11.3 Å². The zero-order valence-corrected chi connectivity index (χ0v) is 25.1. The van der Waals surface area contributed by atoms with Crippen LogP contribution in [0.1, 0.15) is 44.9 Å². The van der Waals surface area contributed by atoms with Crippen LogP contribution in [0, 0.1) is 17.6 Å². The van der Waals surface area contributed by atoms with Gasteiger partial charge in [0, 0.05) is 24.1 Å². The van der Waals surface area contributed by atoms with Crippen LogP contribution in [-0.4, -0.2) is 65.0 Å². The second kappa shape index (κ2) is 12.5. The number of hydrogen-bond acceptors (Lipinski definition) is 8. The first kappa shape index (κ1) is 30.0. The monoisotopic (exact) mass is 624 g/mol. The zero-order chi connectivity index (χ0) is 30.8. The molecular formula is C32H34F2N4O5S. The number of rotatable bonds is 5. The molecule has 2 aromatic carbocycles. The molecule has 3 heterocycles. The second-order valence-electron chi connectivity index (χ2n) is 11.6. The maximum Gasteiger partial charge on any atom is 0.332 e. The first-order valence-electron chi connectivity index (χ1n) is 14.9. The van der Waals surface area contributed by atoms with Crippen LogP contribution in [0.15, 0.2) is 54.6 Å². The number of halogens is 2. The Morgan fingerprint density at radius 2 is 1.98 bits per heavy atom. The van der Waals surface area contributed by atoms with Crippen molar-refractivity contribution in [1.29, 1.82) is 0 Å². The van der Waals surface area contributed by atoms with Gasteiger partial charge in [-0.2, -0.15) is 0 Å². The Hall–Kier alpha value is -4.06. The first-order valence-corrected chi connectivity index (χ1v) is 15.7. The topological polar surface area (TPSA) is 110 Å². The molecule has 0 radical (unpaired) electrons. The number of methoxy groups -OCH3 is 1. The molecule has 3 aliphatic rings. The van der Waals surface area contributed by atoms with Gasteiger partial charge in [0.2, 0.25) is 11.8 Å². The number of ether oxygens (including phenoxy) is 2. The number of carbonyl (C=O) groups is 3. The lowest BCUT2D eigenvalue weighted by molar-refractivity contribution is -0.148. The van der Waals surface area contributed by atoms with Gasteiger partial charge in [-0.3, -0.25) is 9.59 Å². The quantitative estimate of drug-likeness (QED) is 0.305. The molecule has 6 rings (SSSR count). The van der Waals surface area contributed by atoms with E-state index in [9.17, 15) is 23.2 Å². The van der Waals surface area contributed by atoms with Crippen molar-refractivity contribution in [2.24, 2.45) is 5.92 Å². The largest absolute Gasteiger partial charge is 0.467 e. The fraction of sp³-hybridized carbons (Fsp3) is 0.438. The number of hydrogen-bond donors (Lipinski definition) is 2. The van der Waals surface area contributed by atoms with Gasteiger partial charge in [-0.05, 0) is 49.9 Å². The van der Waals surface area contributed by atoms with Crippen LogP contribution in [0.25, 0.3) is 10.2 Å². The summed E-state index contributed by atoms with van der Waals surface area (Å²) in [5, 5.41) is 6.44. The Kier molecular flexibility index (Phi) is 8.53. The number of carbonyl (C=O) groups excluding carboxylic acids is 3. The predicted molar refractivity (Wildman–Crippen MR) is 161 cm³/mol. The lowest BCUT2D eigenvalue weighted by atomic mass is 10.0. The molecule has 0 spiro atoms. The maximum absolute atomic E-state index is 14.2. The summed E-state index contributed by atoms with van der Waals surface area (Å²) in [6, 6.07) is 9.29. The Balaban J connectivity index is 1.30. The summed E-state index contributed by atoms with van der Waals surface area (Å²) in [4.78, 5) is 47.0. The summed E-state index contributed by atoms with van der Waals surface area (Å²) in [5.74, 6) is -3.58. The number of amides is 2. The third-order valence-electron chi connectivity index (χ3n) is 8.59. The van der Waals surface area contributed by atoms with Crippen LogP contribution in [0.3, 0.4) is 0 Å². The van der Waals surface area contributed by atoms with Gasteiger partial charge in [0.15, 0.2) is 11.6 Å². The van der Waals surface area contributed by atoms with Gasteiger partial charge in [-0.15, -0.1) is 0 Å². The maximum atomic E-state index is 14.2. The minimum atomic E-state index is -1.19. The molecule has 2 amide bonds. The third-order valence-corrected chi connectivity index (χ3v) is 9.52. The number of nitrogens with zero attached hydrogens (tertiary/aromatic N) is 2. The lowest BCUT2D eigenvalue weighted by Gasteiger charge is -2.30. The average molecular weight is 625 g/mol. The molecule has 1 saturated heterocycles. The van der Waals surface area contributed by atoms with Crippen molar-refractivity contribution in [2.45, 2.75) is 68.7 Å². The van der Waals surface area contributed by atoms with Crippen molar-refractivity contribution in [3.8, 4) is 5.19 Å². The highest BCUT2D eigenvalue weighted by atomic mass is 32.1. The van der Waals surface area contributed by atoms with Crippen molar-refractivity contribution >= 4 is 45.0 Å². The number of para-hydroxylation sites is 1. The second-order valence-corrected chi connectivity index (χ2v) is 12.6. The summed E-state index contributed by atoms with van der Waals surface area (Å²) >= 11 is 1.38. The molecule has 3 aromatic rings. The average Bonchev–Trinajstić information content (AvgIpc) is 3.32. The molecule has 2 N–H and O–H groups in total. The van der Waals surface area contributed by atoms with Crippen molar-refractivity contribution in [3.05, 3.63) is 66.3 Å². The van der Waals surface area contributed by atoms with Crippen molar-refractivity contribution in [2.75, 3.05) is 19.0 Å². The van der Waals surface area contributed by atoms with Crippen LogP contribution < -0.4 is 15.4 Å².